The van der Waals surface area contributed by atoms with E-state index in [1.807, 2.05) is 43.2 Å². The second-order valence-electron chi connectivity index (χ2n) is 4.39. The van der Waals surface area contributed by atoms with Crippen molar-refractivity contribution in [2.45, 2.75) is 25.9 Å². The van der Waals surface area contributed by atoms with E-state index >= 15 is 0 Å². The lowest BCUT2D eigenvalue weighted by Gasteiger charge is -2.17. The number of hydrogen-bond donors (Lipinski definition) is 1. The molecule has 0 aliphatic heterocycles. The SMILES string of the molecule is CCn1cc(CC(NC)c2cccc(Br)c2F)cn1. The molecular weight excluding hydrogens is 309 g/mol. The number of aryl methyl sites for hydroxylation is 1. The van der Waals surface area contributed by atoms with Crippen LogP contribution >= 0.6 is 15.9 Å². The monoisotopic (exact) mass is 325 g/mol. The van der Waals surface area contributed by atoms with Crippen LogP contribution in [0.15, 0.2) is 35.1 Å². The molecule has 1 aromatic carbocycles. The van der Waals surface area contributed by atoms with Crippen molar-refractivity contribution in [1.29, 1.82) is 0 Å². The van der Waals surface area contributed by atoms with Gasteiger partial charge in [-0.2, -0.15) is 5.10 Å². The highest BCUT2D eigenvalue weighted by atomic mass is 79.9. The van der Waals surface area contributed by atoms with Crippen molar-refractivity contribution in [3.05, 3.63) is 52.0 Å². The maximum absolute atomic E-state index is 14.1. The molecule has 3 nitrogen and oxygen atoms in total. The van der Waals surface area contributed by atoms with Crippen LogP contribution in [-0.4, -0.2) is 16.8 Å². The fraction of sp³-hybridized carbons (Fsp3) is 0.357. The summed E-state index contributed by atoms with van der Waals surface area (Å²) in [4.78, 5) is 0. The van der Waals surface area contributed by atoms with Crippen LogP contribution in [0.5, 0.6) is 0 Å². The Morgan fingerprint density at radius 1 is 1.47 bits per heavy atom. The summed E-state index contributed by atoms with van der Waals surface area (Å²) >= 11 is 3.23. The average molecular weight is 326 g/mol. The molecule has 1 atom stereocenters. The van der Waals surface area contributed by atoms with E-state index in [2.05, 4.69) is 26.3 Å². The Bertz CT molecular complexity index is 553. The zero-order valence-corrected chi connectivity index (χ0v) is 12.6. The van der Waals surface area contributed by atoms with E-state index < -0.39 is 0 Å². The van der Waals surface area contributed by atoms with Crippen LogP contribution in [0.2, 0.25) is 0 Å². The summed E-state index contributed by atoms with van der Waals surface area (Å²) in [5.41, 5.74) is 1.77. The van der Waals surface area contributed by atoms with Gasteiger partial charge in [-0.3, -0.25) is 4.68 Å². The molecule has 0 saturated carbocycles. The first-order valence-electron chi connectivity index (χ1n) is 6.28. The molecule has 1 aromatic heterocycles. The number of halogens is 2. The third-order valence-corrected chi connectivity index (χ3v) is 3.77. The fourth-order valence-electron chi connectivity index (χ4n) is 2.08. The van der Waals surface area contributed by atoms with Gasteiger partial charge in [0, 0.05) is 24.3 Å². The highest BCUT2D eigenvalue weighted by Gasteiger charge is 2.16. The smallest absolute Gasteiger partial charge is 0.142 e. The van der Waals surface area contributed by atoms with Gasteiger partial charge in [-0.15, -0.1) is 0 Å². The normalized spacial score (nSPS) is 12.6. The zero-order valence-electron chi connectivity index (χ0n) is 11.0. The highest BCUT2D eigenvalue weighted by molar-refractivity contribution is 9.10. The molecule has 0 amide bonds. The molecule has 0 fully saturated rings. The van der Waals surface area contributed by atoms with Gasteiger partial charge in [0.15, 0.2) is 0 Å². The standard InChI is InChI=1S/C14H17BrFN3/c1-3-19-9-10(8-18-19)7-13(17-2)11-5-4-6-12(15)14(11)16/h4-6,8-9,13,17H,3,7H2,1-2H3. The first kappa shape index (κ1) is 14.2. The maximum Gasteiger partial charge on any atom is 0.142 e. The average Bonchev–Trinajstić information content (AvgIpc) is 2.87. The second-order valence-corrected chi connectivity index (χ2v) is 5.25. The summed E-state index contributed by atoms with van der Waals surface area (Å²) in [5.74, 6) is -0.204. The van der Waals surface area contributed by atoms with Gasteiger partial charge in [-0.05, 0) is 48.0 Å². The summed E-state index contributed by atoms with van der Waals surface area (Å²) in [6.45, 7) is 2.88. The molecule has 102 valence electrons. The van der Waals surface area contributed by atoms with E-state index in [1.165, 1.54) is 0 Å². The summed E-state index contributed by atoms with van der Waals surface area (Å²) < 4.78 is 16.5. The van der Waals surface area contributed by atoms with Gasteiger partial charge in [0.25, 0.3) is 0 Å². The number of nitrogens with zero attached hydrogens (tertiary/aromatic N) is 2. The van der Waals surface area contributed by atoms with Gasteiger partial charge in [-0.1, -0.05) is 12.1 Å². The Morgan fingerprint density at radius 3 is 2.89 bits per heavy atom. The third kappa shape index (κ3) is 3.22. The van der Waals surface area contributed by atoms with E-state index in [0.717, 1.165) is 12.1 Å². The lowest BCUT2D eigenvalue weighted by atomic mass is 10.0. The van der Waals surface area contributed by atoms with Crippen LogP contribution in [0.4, 0.5) is 4.39 Å². The van der Waals surface area contributed by atoms with Crippen molar-refractivity contribution in [1.82, 2.24) is 15.1 Å². The lowest BCUT2D eigenvalue weighted by Crippen LogP contribution is -2.20. The Labute approximate surface area is 121 Å². The molecule has 0 saturated heterocycles. The van der Waals surface area contributed by atoms with Gasteiger partial charge in [0.1, 0.15) is 5.82 Å². The van der Waals surface area contributed by atoms with Gasteiger partial charge < -0.3 is 5.32 Å². The topological polar surface area (TPSA) is 29.9 Å². The predicted octanol–water partition coefficient (Wildman–Crippen LogP) is 3.31. The molecule has 0 radical (unpaired) electrons. The molecule has 0 spiro atoms. The predicted molar refractivity (Wildman–Crippen MR) is 77.5 cm³/mol. The third-order valence-electron chi connectivity index (χ3n) is 3.16. The minimum Gasteiger partial charge on any atom is -0.313 e. The summed E-state index contributed by atoms with van der Waals surface area (Å²) in [6.07, 6.45) is 4.55. The number of aromatic nitrogens is 2. The molecule has 1 heterocycles. The van der Waals surface area contributed by atoms with Crippen molar-refractivity contribution < 1.29 is 4.39 Å². The van der Waals surface area contributed by atoms with Crippen LogP contribution in [-0.2, 0) is 13.0 Å². The van der Waals surface area contributed by atoms with Gasteiger partial charge >= 0.3 is 0 Å². The summed E-state index contributed by atoms with van der Waals surface area (Å²) in [7, 11) is 1.84. The Morgan fingerprint density at radius 2 is 2.26 bits per heavy atom. The van der Waals surface area contributed by atoms with Crippen molar-refractivity contribution in [2.75, 3.05) is 7.05 Å². The van der Waals surface area contributed by atoms with Crippen LogP contribution in [0.25, 0.3) is 0 Å². The molecule has 2 rings (SSSR count). The minimum atomic E-state index is -0.204. The molecule has 0 bridgehead atoms. The number of rotatable bonds is 5. The summed E-state index contributed by atoms with van der Waals surface area (Å²) in [5, 5.41) is 7.41. The Kier molecular flexibility index (Phi) is 4.71. The number of hydrogen-bond acceptors (Lipinski definition) is 2. The van der Waals surface area contributed by atoms with Crippen LogP contribution < -0.4 is 5.32 Å². The first-order chi connectivity index (χ1) is 9.15. The zero-order chi connectivity index (χ0) is 13.8. The molecule has 1 unspecified atom stereocenters. The lowest BCUT2D eigenvalue weighted by molar-refractivity contribution is 0.530. The molecule has 19 heavy (non-hydrogen) atoms. The van der Waals surface area contributed by atoms with Crippen molar-refractivity contribution in [2.24, 2.45) is 0 Å². The van der Waals surface area contributed by atoms with Gasteiger partial charge in [0.2, 0.25) is 0 Å². The number of nitrogens with one attached hydrogen (secondary N) is 1. The fourth-order valence-corrected chi connectivity index (χ4v) is 2.46. The Hall–Kier alpha value is -1.20. The van der Waals surface area contributed by atoms with Crippen molar-refractivity contribution >= 4 is 15.9 Å². The van der Waals surface area contributed by atoms with Crippen LogP contribution in [0.1, 0.15) is 24.1 Å². The molecular formula is C14H17BrFN3. The number of likely N-dealkylation sites (N-methyl/N-ethyl adjacent to an activating group) is 1. The summed E-state index contributed by atoms with van der Waals surface area (Å²) in [6, 6.07) is 5.31. The molecule has 0 aliphatic carbocycles. The van der Waals surface area contributed by atoms with Crippen LogP contribution in [0, 0.1) is 5.82 Å². The van der Waals surface area contributed by atoms with E-state index in [-0.39, 0.29) is 11.9 Å². The number of benzene rings is 1. The van der Waals surface area contributed by atoms with Gasteiger partial charge in [0.05, 0.1) is 10.7 Å². The second kappa shape index (κ2) is 6.30. The largest absolute Gasteiger partial charge is 0.313 e. The molecule has 0 aliphatic rings. The van der Waals surface area contributed by atoms with E-state index in [9.17, 15) is 4.39 Å². The van der Waals surface area contributed by atoms with Gasteiger partial charge in [-0.25, -0.2) is 4.39 Å². The minimum absolute atomic E-state index is 0.0630. The van der Waals surface area contributed by atoms with Crippen molar-refractivity contribution in [3.63, 3.8) is 0 Å². The van der Waals surface area contributed by atoms with Crippen molar-refractivity contribution in [3.8, 4) is 0 Å². The van der Waals surface area contributed by atoms with E-state index in [1.54, 1.807) is 6.07 Å². The van der Waals surface area contributed by atoms with E-state index in [4.69, 9.17) is 0 Å². The maximum atomic E-state index is 14.1. The highest BCUT2D eigenvalue weighted by Crippen LogP contribution is 2.25. The molecule has 5 heteroatoms. The quantitative estimate of drug-likeness (QED) is 0.914. The molecule has 1 N–H and O–H groups in total. The molecule has 2 aromatic rings. The Balaban J connectivity index is 2.22. The van der Waals surface area contributed by atoms with Crippen LogP contribution in [0.3, 0.4) is 0 Å². The first-order valence-corrected chi connectivity index (χ1v) is 7.07. The van der Waals surface area contributed by atoms with E-state index in [0.29, 0.717) is 16.5 Å².